The van der Waals surface area contributed by atoms with Crippen LogP contribution in [0.5, 0.6) is 0 Å². The standard InChI is InChI=1S/C11H17ClN5O13P3.4H3N/c1-13-8-5-9(16-11(12)15-8)17(3-14-5)10-7(19)6(18)4(28-10)2-27-32(23,24)30-33(25,26)29-31(20,21)22;;;;/h3-4,6-7,10,18-19H,2H2,1H3,(H,23,24)(H,25,26)(H,13,15,16)(H2,20,21,22);4*1H3/t4-,6-,7-,10-;;;;/m1..../s1. The molecule has 1 aliphatic rings. The van der Waals surface area contributed by atoms with Gasteiger partial charge in [-0.05, 0) is 11.6 Å². The number of rotatable bonds is 9. The van der Waals surface area contributed by atoms with Gasteiger partial charge >= 0.3 is 23.5 Å². The number of anilines is 1. The van der Waals surface area contributed by atoms with Gasteiger partial charge in [-0.15, -0.1) is 0 Å². The van der Waals surface area contributed by atoms with Crippen LogP contribution in [-0.4, -0.2) is 81.3 Å². The summed E-state index contributed by atoms with van der Waals surface area (Å²) in [5.41, 5.74) is 0.369. The third-order valence-corrected chi connectivity index (χ3v) is 8.03. The average molecular weight is 624 g/mol. The molecule has 37 heavy (non-hydrogen) atoms. The molecule has 6 atom stereocenters. The molecule has 0 radical (unpaired) electrons. The number of phosphoric acid groups is 3. The summed E-state index contributed by atoms with van der Waals surface area (Å²) in [7, 11) is -15.2. The van der Waals surface area contributed by atoms with E-state index in [0.717, 1.165) is 0 Å². The highest BCUT2D eigenvalue weighted by Gasteiger charge is 2.47. The first-order valence-electron chi connectivity index (χ1n) is 8.50. The lowest BCUT2D eigenvalue weighted by molar-refractivity contribution is -0.0503. The second kappa shape index (κ2) is 13.7. The number of hydrogen-bond acceptors (Lipinski definition) is 17. The Kier molecular flexibility index (Phi) is 14.1. The van der Waals surface area contributed by atoms with E-state index >= 15 is 0 Å². The highest BCUT2D eigenvalue weighted by atomic mass is 35.5. The Labute approximate surface area is 213 Å². The van der Waals surface area contributed by atoms with Crippen LogP contribution in [0.25, 0.3) is 11.2 Å². The van der Waals surface area contributed by atoms with Crippen molar-refractivity contribution >= 4 is 52.1 Å². The van der Waals surface area contributed by atoms with Gasteiger partial charge in [0.2, 0.25) is 5.28 Å². The fourth-order valence-corrected chi connectivity index (χ4v) is 6.01. The topological polar surface area (TPSA) is 405 Å². The SMILES string of the molecule is CNc1nc(Cl)nc2c1ncn2[C@@H]1O[C@H](COP(=O)(O)OP(=O)(O)OP(=O)(O)O)[C@@H](O)[C@H]1O.N.N.N.N. The minimum atomic E-state index is -5.71. The second-order valence-corrected chi connectivity index (χ2v) is 11.1. The molecule has 1 saturated heterocycles. The van der Waals surface area contributed by atoms with Crippen LogP contribution in [0.15, 0.2) is 6.33 Å². The fourth-order valence-electron chi connectivity index (χ4n) is 2.82. The molecule has 2 unspecified atom stereocenters. The van der Waals surface area contributed by atoms with Gasteiger partial charge in [0.05, 0.1) is 12.9 Å². The summed E-state index contributed by atoms with van der Waals surface area (Å²) < 4.78 is 52.1. The van der Waals surface area contributed by atoms with Gasteiger partial charge in [-0.25, -0.2) is 18.7 Å². The maximum absolute atomic E-state index is 11.8. The van der Waals surface area contributed by atoms with E-state index in [1.807, 2.05) is 0 Å². The predicted octanol–water partition coefficient (Wildman–Crippen LogP) is 0.132. The van der Waals surface area contributed by atoms with Crippen LogP contribution in [0.4, 0.5) is 5.82 Å². The molecule has 0 aromatic carbocycles. The number of aromatic nitrogens is 4. The Hall–Kier alpha value is -1.23. The Morgan fingerprint density at radius 1 is 1.03 bits per heavy atom. The van der Waals surface area contributed by atoms with E-state index in [1.54, 1.807) is 7.05 Å². The molecule has 1 aliphatic heterocycles. The van der Waals surface area contributed by atoms with Gasteiger partial charge in [0.15, 0.2) is 23.2 Å². The van der Waals surface area contributed by atoms with Crippen LogP contribution in [-0.2, 0) is 31.6 Å². The lowest BCUT2D eigenvalue weighted by Gasteiger charge is -2.19. The zero-order valence-electron chi connectivity index (χ0n) is 19.0. The molecule has 0 bridgehead atoms. The van der Waals surface area contributed by atoms with Crippen molar-refractivity contribution in [1.82, 2.24) is 44.1 Å². The lowest BCUT2D eigenvalue weighted by Crippen LogP contribution is -2.33. The van der Waals surface area contributed by atoms with Crippen molar-refractivity contribution in [3.63, 3.8) is 0 Å². The average Bonchev–Trinajstić information content (AvgIpc) is 3.18. The van der Waals surface area contributed by atoms with Crippen LogP contribution in [0.3, 0.4) is 0 Å². The van der Waals surface area contributed by atoms with Crippen molar-refractivity contribution in [1.29, 1.82) is 0 Å². The number of aliphatic hydroxyl groups is 2. The van der Waals surface area contributed by atoms with E-state index in [0.29, 0.717) is 0 Å². The molecule has 0 spiro atoms. The van der Waals surface area contributed by atoms with Crippen LogP contribution in [0, 0.1) is 0 Å². The first kappa shape index (κ1) is 37.9. The number of imidazole rings is 1. The Morgan fingerprint density at radius 3 is 2.16 bits per heavy atom. The monoisotopic (exact) mass is 623 g/mol. The number of aliphatic hydroxyl groups excluding tert-OH is 2. The van der Waals surface area contributed by atoms with Crippen molar-refractivity contribution < 1.29 is 61.4 Å². The molecule has 3 rings (SSSR count). The number of hydrogen-bond donors (Lipinski definition) is 11. The quantitative estimate of drug-likeness (QED) is 0.130. The predicted molar refractivity (Wildman–Crippen MR) is 126 cm³/mol. The van der Waals surface area contributed by atoms with Gasteiger partial charge in [0.1, 0.15) is 18.3 Å². The molecule has 1 fully saturated rings. The molecule has 3 heterocycles. The fraction of sp³-hybridized carbons (Fsp3) is 0.545. The normalized spacial score (nSPS) is 24.4. The summed E-state index contributed by atoms with van der Waals surface area (Å²) in [5, 5.41) is 23.2. The highest BCUT2D eigenvalue weighted by molar-refractivity contribution is 7.66. The first-order chi connectivity index (χ1) is 15.1. The van der Waals surface area contributed by atoms with Gasteiger partial charge in [-0.1, -0.05) is 0 Å². The van der Waals surface area contributed by atoms with Crippen LogP contribution in [0.2, 0.25) is 5.28 Å². The molecule has 2 aromatic heterocycles. The zero-order chi connectivity index (χ0) is 24.8. The number of fused-ring (bicyclic) bond motifs is 1. The summed E-state index contributed by atoms with van der Waals surface area (Å²) in [4.78, 5) is 47.7. The summed E-state index contributed by atoms with van der Waals surface area (Å²) >= 11 is 5.87. The second-order valence-electron chi connectivity index (χ2n) is 6.35. The van der Waals surface area contributed by atoms with Crippen LogP contribution in [0.1, 0.15) is 6.23 Å². The molecule has 22 nitrogen and oxygen atoms in total. The summed E-state index contributed by atoms with van der Waals surface area (Å²) in [5.74, 6) is 0.265. The number of nitrogens with zero attached hydrogens (tertiary/aromatic N) is 4. The Balaban J connectivity index is 0. The van der Waals surface area contributed by atoms with Crippen LogP contribution >= 0.6 is 35.1 Å². The summed E-state index contributed by atoms with van der Waals surface area (Å²) in [6.45, 7) is -0.970. The van der Waals surface area contributed by atoms with E-state index in [-0.39, 0.29) is 46.9 Å². The highest BCUT2D eigenvalue weighted by Crippen LogP contribution is 2.66. The van der Waals surface area contributed by atoms with Crippen molar-refractivity contribution in [3.05, 3.63) is 11.6 Å². The van der Waals surface area contributed by atoms with E-state index in [9.17, 15) is 28.8 Å². The van der Waals surface area contributed by atoms with E-state index in [1.165, 1.54) is 10.9 Å². The molecule has 0 aliphatic carbocycles. The van der Waals surface area contributed by atoms with Crippen molar-refractivity contribution in [2.24, 2.45) is 0 Å². The number of nitrogens with one attached hydrogen (secondary N) is 1. The lowest BCUT2D eigenvalue weighted by atomic mass is 10.1. The maximum atomic E-state index is 11.8. The number of ether oxygens (including phenoxy) is 1. The zero-order valence-corrected chi connectivity index (χ0v) is 22.4. The third-order valence-electron chi connectivity index (χ3n) is 4.06. The van der Waals surface area contributed by atoms with Gasteiger partial charge in [0, 0.05) is 7.05 Å². The van der Waals surface area contributed by atoms with Gasteiger partial charge in [0.25, 0.3) is 0 Å². The number of halogens is 1. The van der Waals surface area contributed by atoms with Crippen LogP contribution < -0.4 is 29.9 Å². The maximum Gasteiger partial charge on any atom is 0.490 e. The molecule has 0 saturated carbocycles. The molecule has 19 N–H and O–H groups in total. The molecular weight excluding hydrogens is 595 g/mol. The van der Waals surface area contributed by atoms with E-state index in [4.69, 9.17) is 31.0 Å². The van der Waals surface area contributed by atoms with Crippen molar-refractivity contribution in [2.45, 2.75) is 24.5 Å². The molecule has 2 aromatic rings. The molecule has 218 valence electrons. The third kappa shape index (κ3) is 9.18. The molecule has 26 heteroatoms. The Morgan fingerprint density at radius 2 is 1.62 bits per heavy atom. The van der Waals surface area contributed by atoms with E-state index < -0.39 is 54.6 Å². The minimum Gasteiger partial charge on any atom is -0.387 e. The van der Waals surface area contributed by atoms with Gasteiger partial charge < -0.3 is 64.4 Å². The summed E-state index contributed by atoms with van der Waals surface area (Å²) in [6.07, 6.45) is -4.91. The number of phosphoric ester groups is 1. The molecular formula is C11H29ClN9O13P3. The van der Waals surface area contributed by atoms with E-state index in [2.05, 4.69) is 33.4 Å². The molecule has 0 amide bonds. The summed E-state index contributed by atoms with van der Waals surface area (Å²) in [6, 6.07) is 0. The first-order valence-corrected chi connectivity index (χ1v) is 13.4. The smallest absolute Gasteiger partial charge is 0.387 e. The van der Waals surface area contributed by atoms with Gasteiger partial charge in [-0.3, -0.25) is 9.09 Å². The largest absolute Gasteiger partial charge is 0.490 e. The minimum absolute atomic E-state index is 0. The van der Waals surface area contributed by atoms with Crippen molar-refractivity contribution in [2.75, 3.05) is 19.0 Å². The Bertz CT molecular complexity index is 1180. The van der Waals surface area contributed by atoms with Crippen molar-refractivity contribution in [3.8, 4) is 0 Å². The van der Waals surface area contributed by atoms with Gasteiger partial charge in [-0.2, -0.15) is 18.6 Å².